The number of hydrogen-bond acceptors (Lipinski definition) is 4. The Morgan fingerprint density at radius 2 is 1.74 bits per heavy atom. The van der Waals surface area contributed by atoms with Gasteiger partial charge in [-0.2, -0.15) is 0 Å². The normalized spacial score (nSPS) is 20.5. The number of nitrogens with two attached hydrogens (primary N) is 1. The lowest BCUT2D eigenvalue weighted by atomic mass is 9.93. The third-order valence-electron chi connectivity index (χ3n) is 4.13. The van der Waals surface area contributed by atoms with Gasteiger partial charge in [-0.1, -0.05) is 42.0 Å². The van der Waals surface area contributed by atoms with E-state index in [1.54, 1.807) is 0 Å². The molecule has 2 atom stereocenters. The molecule has 0 saturated heterocycles. The van der Waals surface area contributed by atoms with Crippen molar-refractivity contribution < 1.29 is 4.74 Å². The Morgan fingerprint density at radius 3 is 2.39 bits per heavy atom. The number of benzene rings is 2. The molecule has 1 aliphatic heterocycles. The average Bonchev–Trinajstić information content (AvgIpc) is 2.56. The maximum absolute atomic E-state index is 6.01. The second kappa shape index (κ2) is 6.73. The first-order chi connectivity index (χ1) is 11.2. The monoisotopic (exact) mass is 309 g/mol. The quantitative estimate of drug-likeness (QED) is 0.909. The highest BCUT2D eigenvalue weighted by Gasteiger charge is 2.24. The third-order valence-corrected chi connectivity index (χ3v) is 4.13. The standard InChI is InChI=1S/C19H23N3O/c1-3-23-16-10-8-15(9-11-16)18-12-17(21-19(20)22-18)14-6-4-13(2)5-7-14/h4-11,17-18H,3,12H2,1-2H3,(H3,20,21,22). The molecule has 4 heteroatoms. The molecule has 0 radical (unpaired) electrons. The van der Waals surface area contributed by atoms with E-state index in [1.807, 2.05) is 19.1 Å². The first-order valence-electron chi connectivity index (χ1n) is 8.05. The molecule has 0 bridgehead atoms. The Bertz CT molecular complexity index is 677. The SMILES string of the molecule is CCOc1ccc(C2CC(c3ccc(C)cc3)NC(N)=N2)cc1. The van der Waals surface area contributed by atoms with Gasteiger partial charge in [0.15, 0.2) is 5.96 Å². The van der Waals surface area contributed by atoms with E-state index in [1.165, 1.54) is 11.1 Å². The summed E-state index contributed by atoms with van der Waals surface area (Å²) >= 11 is 0. The largest absolute Gasteiger partial charge is 0.494 e. The fourth-order valence-electron chi connectivity index (χ4n) is 2.90. The topological polar surface area (TPSA) is 59.6 Å². The number of nitrogens with zero attached hydrogens (tertiary/aromatic N) is 1. The van der Waals surface area contributed by atoms with Crippen molar-refractivity contribution in [1.82, 2.24) is 5.32 Å². The predicted molar refractivity (Wildman–Crippen MR) is 93.6 cm³/mol. The molecular weight excluding hydrogens is 286 g/mol. The Hall–Kier alpha value is -2.49. The van der Waals surface area contributed by atoms with Gasteiger partial charge >= 0.3 is 0 Å². The molecule has 1 heterocycles. The zero-order valence-electron chi connectivity index (χ0n) is 13.6. The van der Waals surface area contributed by atoms with Crippen LogP contribution in [0, 0.1) is 6.92 Å². The van der Waals surface area contributed by atoms with Gasteiger partial charge in [0, 0.05) is 0 Å². The van der Waals surface area contributed by atoms with Gasteiger partial charge in [0.25, 0.3) is 0 Å². The van der Waals surface area contributed by atoms with Crippen LogP contribution in [-0.4, -0.2) is 12.6 Å². The van der Waals surface area contributed by atoms with E-state index >= 15 is 0 Å². The molecule has 0 spiro atoms. The van der Waals surface area contributed by atoms with Crippen LogP contribution in [0.25, 0.3) is 0 Å². The minimum Gasteiger partial charge on any atom is -0.494 e. The third kappa shape index (κ3) is 3.65. The van der Waals surface area contributed by atoms with Crippen molar-refractivity contribution in [3.8, 4) is 5.75 Å². The van der Waals surface area contributed by atoms with Crippen molar-refractivity contribution in [2.75, 3.05) is 6.61 Å². The summed E-state index contributed by atoms with van der Waals surface area (Å²) in [6.45, 7) is 4.75. The molecule has 1 aliphatic rings. The van der Waals surface area contributed by atoms with Gasteiger partial charge in [0.05, 0.1) is 18.7 Å². The fraction of sp³-hybridized carbons (Fsp3) is 0.316. The van der Waals surface area contributed by atoms with E-state index in [9.17, 15) is 0 Å². The molecular formula is C19H23N3O. The fourth-order valence-corrected chi connectivity index (χ4v) is 2.90. The minimum absolute atomic E-state index is 0.0678. The van der Waals surface area contributed by atoms with Gasteiger partial charge in [-0.15, -0.1) is 0 Å². The van der Waals surface area contributed by atoms with Gasteiger partial charge in [-0.05, 0) is 43.5 Å². The first kappa shape index (κ1) is 15.4. The van der Waals surface area contributed by atoms with Crippen LogP contribution in [0.1, 0.15) is 42.1 Å². The summed E-state index contributed by atoms with van der Waals surface area (Å²) in [5.41, 5.74) is 9.67. The summed E-state index contributed by atoms with van der Waals surface area (Å²) in [7, 11) is 0. The molecule has 0 fully saturated rings. The second-order valence-corrected chi connectivity index (χ2v) is 5.88. The Balaban J connectivity index is 1.79. The smallest absolute Gasteiger partial charge is 0.189 e. The van der Waals surface area contributed by atoms with E-state index in [0.717, 1.165) is 17.7 Å². The van der Waals surface area contributed by atoms with Crippen molar-refractivity contribution in [2.24, 2.45) is 10.7 Å². The van der Waals surface area contributed by atoms with E-state index in [-0.39, 0.29) is 12.1 Å². The van der Waals surface area contributed by atoms with E-state index in [0.29, 0.717) is 12.6 Å². The molecule has 0 aromatic heterocycles. The number of rotatable bonds is 4. The lowest BCUT2D eigenvalue weighted by Crippen LogP contribution is -2.39. The molecule has 3 N–H and O–H groups in total. The van der Waals surface area contributed by atoms with Crippen molar-refractivity contribution in [1.29, 1.82) is 0 Å². The molecule has 23 heavy (non-hydrogen) atoms. The molecule has 0 saturated carbocycles. The maximum atomic E-state index is 6.01. The van der Waals surface area contributed by atoms with Crippen LogP contribution in [-0.2, 0) is 0 Å². The predicted octanol–water partition coefficient (Wildman–Crippen LogP) is 3.48. The van der Waals surface area contributed by atoms with Crippen molar-refractivity contribution in [3.05, 3.63) is 65.2 Å². The molecule has 2 unspecified atom stereocenters. The summed E-state index contributed by atoms with van der Waals surface area (Å²) < 4.78 is 5.50. The zero-order valence-corrected chi connectivity index (χ0v) is 13.6. The summed E-state index contributed by atoms with van der Waals surface area (Å²) in [4.78, 5) is 4.56. The average molecular weight is 309 g/mol. The van der Waals surface area contributed by atoms with Gasteiger partial charge in [0.2, 0.25) is 0 Å². The van der Waals surface area contributed by atoms with Gasteiger partial charge in [-0.3, -0.25) is 0 Å². The molecule has 0 aliphatic carbocycles. The summed E-state index contributed by atoms with van der Waals surface area (Å²) in [6, 6.07) is 17.0. The lowest BCUT2D eigenvalue weighted by molar-refractivity contribution is 0.340. The van der Waals surface area contributed by atoms with Crippen LogP contribution in [0.5, 0.6) is 5.75 Å². The highest BCUT2D eigenvalue weighted by Crippen LogP contribution is 2.33. The maximum Gasteiger partial charge on any atom is 0.189 e. The van der Waals surface area contributed by atoms with Crippen LogP contribution in [0.2, 0.25) is 0 Å². The number of aliphatic imine (C=N–C) groups is 1. The Labute approximate surface area is 137 Å². The van der Waals surface area contributed by atoms with Crippen molar-refractivity contribution >= 4 is 5.96 Å². The van der Waals surface area contributed by atoms with Crippen molar-refractivity contribution in [2.45, 2.75) is 32.4 Å². The molecule has 3 rings (SSSR count). The number of hydrogen-bond donors (Lipinski definition) is 2. The summed E-state index contributed by atoms with van der Waals surface area (Å²) in [5.74, 6) is 1.39. The van der Waals surface area contributed by atoms with Crippen LogP contribution in [0.15, 0.2) is 53.5 Å². The zero-order chi connectivity index (χ0) is 16.2. The molecule has 0 amide bonds. The van der Waals surface area contributed by atoms with E-state index in [4.69, 9.17) is 10.5 Å². The molecule has 2 aromatic carbocycles. The number of nitrogens with one attached hydrogen (secondary N) is 1. The van der Waals surface area contributed by atoms with Crippen LogP contribution >= 0.6 is 0 Å². The van der Waals surface area contributed by atoms with Crippen LogP contribution in [0.4, 0.5) is 0 Å². The Morgan fingerprint density at radius 1 is 1.09 bits per heavy atom. The van der Waals surface area contributed by atoms with Crippen LogP contribution in [0.3, 0.4) is 0 Å². The summed E-state index contributed by atoms with van der Waals surface area (Å²) in [5, 5.41) is 3.29. The van der Waals surface area contributed by atoms with E-state index < -0.39 is 0 Å². The van der Waals surface area contributed by atoms with Crippen LogP contribution < -0.4 is 15.8 Å². The summed E-state index contributed by atoms with van der Waals surface area (Å²) in [6.07, 6.45) is 0.887. The minimum atomic E-state index is 0.0678. The number of aryl methyl sites for hydroxylation is 1. The van der Waals surface area contributed by atoms with Gasteiger partial charge < -0.3 is 15.8 Å². The first-order valence-corrected chi connectivity index (χ1v) is 8.05. The molecule has 2 aromatic rings. The van der Waals surface area contributed by atoms with Crippen molar-refractivity contribution in [3.63, 3.8) is 0 Å². The highest BCUT2D eigenvalue weighted by molar-refractivity contribution is 5.79. The van der Waals surface area contributed by atoms with Gasteiger partial charge in [-0.25, -0.2) is 4.99 Å². The second-order valence-electron chi connectivity index (χ2n) is 5.88. The lowest BCUT2D eigenvalue weighted by Gasteiger charge is -2.29. The highest BCUT2D eigenvalue weighted by atomic mass is 16.5. The number of guanidine groups is 1. The Kier molecular flexibility index (Phi) is 4.51. The number of ether oxygens (including phenoxy) is 1. The molecule has 4 nitrogen and oxygen atoms in total. The molecule has 120 valence electrons. The van der Waals surface area contributed by atoms with Gasteiger partial charge in [0.1, 0.15) is 5.75 Å². The van der Waals surface area contributed by atoms with E-state index in [2.05, 4.69) is 53.6 Å².